The third-order valence-electron chi connectivity index (χ3n) is 3.21. The van der Waals surface area contributed by atoms with Crippen molar-refractivity contribution in [3.05, 3.63) is 41.6 Å². The van der Waals surface area contributed by atoms with E-state index in [4.69, 9.17) is 0 Å². The minimum atomic E-state index is -4.40. The normalized spacial score (nSPS) is 14.3. The lowest BCUT2D eigenvalue weighted by atomic mass is 10.1. The molecule has 0 bridgehead atoms. The largest absolute Gasteiger partial charge is 0.416 e. The van der Waals surface area contributed by atoms with E-state index in [0.717, 1.165) is 12.1 Å². The number of fused-ring (bicyclic) bond motifs is 1. The number of halogens is 3. The number of rotatable bonds is 3. The lowest BCUT2D eigenvalue weighted by Gasteiger charge is -2.22. The molecule has 3 nitrogen and oxygen atoms in total. The van der Waals surface area contributed by atoms with E-state index in [0.29, 0.717) is 11.1 Å². The second-order valence-electron chi connectivity index (χ2n) is 6.29. The zero-order chi connectivity index (χ0) is 16.5. The Morgan fingerprint density at radius 2 is 1.77 bits per heavy atom. The first-order valence-electron chi connectivity index (χ1n) is 6.97. The van der Waals surface area contributed by atoms with Gasteiger partial charge in [-0.15, -0.1) is 0 Å². The fourth-order valence-corrected chi connectivity index (χ4v) is 2.00. The average molecular weight is 312 g/mol. The molecule has 0 saturated heterocycles. The Labute approximate surface area is 127 Å². The Bertz CT molecular complexity index is 662. The Kier molecular flexibility index (Phi) is 4.44. The smallest absolute Gasteiger partial charge is 0.385 e. The van der Waals surface area contributed by atoms with Gasteiger partial charge < -0.3 is 10.4 Å². The van der Waals surface area contributed by atoms with Crippen LogP contribution in [0.3, 0.4) is 0 Å². The summed E-state index contributed by atoms with van der Waals surface area (Å²) in [5, 5.41) is 13.9. The monoisotopic (exact) mass is 312 g/mol. The number of aromatic nitrogens is 1. The Morgan fingerprint density at radius 1 is 1.14 bits per heavy atom. The fourth-order valence-electron chi connectivity index (χ4n) is 2.00. The van der Waals surface area contributed by atoms with Crippen molar-refractivity contribution in [2.24, 2.45) is 0 Å². The van der Waals surface area contributed by atoms with Crippen molar-refractivity contribution in [3.63, 3.8) is 0 Å². The standard InChI is InChI=1S/C16H19F3N2O/c1-15(2,3)20-9-14(22)12-7-5-10-4-6-11(16(17,18)19)8-13(10)21-12/h4-8,14,20,22H,9H2,1-3H3/t14-/m1/s1. The van der Waals surface area contributed by atoms with E-state index in [-0.39, 0.29) is 17.6 Å². The molecule has 0 saturated carbocycles. The van der Waals surface area contributed by atoms with Crippen molar-refractivity contribution in [1.29, 1.82) is 0 Å². The van der Waals surface area contributed by atoms with Gasteiger partial charge in [0.05, 0.1) is 16.8 Å². The van der Waals surface area contributed by atoms with Crippen LogP contribution in [0.1, 0.15) is 38.1 Å². The van der Waals surface area contributed by atoms with E-state index in [1.54, 1.807) is 12.1 Å². The zero-order valence-electron chi connectivity index (χ0n) is 12.7. The molecule has 1 aromatic carbocycles. The number of pyridine rings is 1. The number of nitrogens with zero attached hydrogens (tertiary/aromatic N) is 1. The number of aliphatic hydroxyl groups is 1. The van der Waals surface area contributed by atoms with Gasteiger partial charge in [-0.05, 0) is 39.0 Å². The summed E-state index contributed by atoms with van der Waals surface area (Å²) in [6, 6.07) is 6.71. The van der Waals surface area contributed by atoms with Crippen LogP contribution < -0.4 is 5.32 Å². The predicted molar refractivity (Wildman–Crippen MR) is 79.5 cm³/mol. The Morgan fingerprint density at radius 3 is 2.36 bits per heavy atom. The maximum absolute atomic E-state index is 12.7. The van der Waals surface area contributed by atoms with Gasteiger partial charge in [0.1, 0.15) is 6.10 Å². The molecule has 0 fully saturated rings. The first-order valence-corrected chi connectivity index (χ1v) is 6.97. The Hall–Kier alpha value is -1.66. The highest BCUT2D eigenvalue weighted by atomic mass is 19.4. The highest BCUT2D eigenvalue weighted by Gasteiger charge is 2.30. The van der Waals surface area contributed by atoms with Crippen LogP contribution in [-0.2, 0) is 6.18 Å². The van der Waals surface area contributed by atoms with Crippen LogP contribution in [0.25, 0.3) is 10.9 Å². The molecule has 0 aliphatic rings. The minimum Gasteiger partial charge on any atom is -0.385 e. The molecule has 2 rings (SSSR count). The highest BCUT2D eigenvalue weighted by Crippen LogP contribution is 2.31. The molecule has 0 amide bonds. The van der Waals surface area contributed by atoms with Gasteiger partial charge in [-0.25, -0.2) is 0 Å². The van der Waals surface area contributed by atoms with Crippen molar-refractivity contribution in [2.75, 3.05) is 6.54 Å². The third-order valence-corrected chi connectivity index (χ3v) is 3.21. The maximum atomic E-state index is 12.7. The van der Waals surface area contributed by atoms with E-state index in [1.807, 2.05) is 20.8 Å². The molecule has 0 unspecified atom stereocenters. The molecule has 2 aromatic rings. The summed E-state index contributed by atoms with van der Waals surface area (Å²) in [4.78, 5) is 4.16. The third kappa shape index (κ3) is 4.18. The quantitative estimate of drug-likeness (QED) is 0.909. The lowest BCUT2D eigenvalue weighted by molar-refractivity contribution is -0.137. The SMILES string of the molecule is CC(C)(C)NC[C@@H](O)c1ccc2ccc(C(F)(F)F)cc2n1. The van der Waals surface area contributed by atoms with E-state index >= 15 is 0 Å². The van der Waals surface area contributed by atoms with Crippen LogP contribution in [0, 0.1) is 0 Å². The number of benzene rings is 1. The number of hydrogen-bond donors (Lipinski definition) is 2. The van der Waals surface area contributed by atoms with Gasteiger partial charge in [-0.1, -0.05) is 12.1 Å². The molecule has 2 N–H and O–H groups in total. The molecule has 22 heavy (non-hydrogen) atoms. The van der Waals surface area contributed by atoms with E-state index in [9.17, 15) is 18.3 Å². The summed E-state index contributed by atoms with van der Waals surface area (Å²) < 4.78 is 38.2. The minimum absolute atomic E-state index is 0.165. The molecule has 1 atom stereocenters. The number of β-amino-alcohol motifs (C(OH)–C–C–N with tert-alkyl or cyclic N) is 1. The molecular weight excluding hydrogens is 293 g/mol. The van der Waals surface area contributed by atoms with Crippen LogP contribution in [0.15, 0.2) is 30.3 Å². The van der Waals surface area contributed by atoms with Gasteiger partial charge >= 0.3 is 6.18 Å². The lowest BCUT2D eigenvalue weighted by Crippen LogP contribution is -2.38. The van der Waals surface area contributed by atoms with Gasteiger partial charge in [-0.3, -0.25) is 4.98 Å². The molecule has 1 heterocycles. The molecular formula is C16H19F3N2O. The van der Waals surface area contributed by atoms with Crippen LogP contribution >= 0.6 is 0 Å². The summed E-state index contributed by atoms with van der Waals surface area (Å²) in [5.41, 5.74) is -0.334. The molecule has 1 aromatic heterocycles. The zero-order valence-corrected chi connectivity index (χ0v) is 12.7. The van der Waals surface area contributed by atoms with Crippen molar-refractivity contribution in [2.45, 2.75) is 38.6 Å². The van der Waals surface area contributed by atoms with Crippen molar-refractivity contribution in [3.8, 4) is 0 Å². The molecule has 0 radical (unpaired) electrons. The van der Waals surface area contributed by atoms with E-state index < -0.39 is 17.8 Å². The predicted octanol–water partition coefficient (Wildman–Crippen LogP) is 3.68. The second kappa shape index (κ2) is 5.85. The molecule has 0 aliphatic carbocycles. The summed E-state index contributed by atoms with van der Waals surface area (Å²) in [7, 11) is 0. The van der Waals surface area contributed by atoms with Crippen LogP contribution in [0.4, 0.5) is 13.2 Å². The number of aliphatic hydroxyl groups excluding tert-OH is 1. The van der Waals surface area contributed by atoms with Gasteiger partial charge in [0, 0.05) is 17.5 Å². The summed E-state index contributed by atoms with van der Waals surface area (Å²) in [5.74, 6) is 0. The molecule has 6 heteroatoms. The topological polar surface area (TPSA) is 45.1 Å². The highest BCUT2D eigenvalue weighted by molar-refractivity contribution is 5.79. The number of alkyl halides is 3. The van der Waals surface area contributed by atoms with E-state index in [1.165, 1.54) is 6.07 Å². The number of nitrogens with one attached hydrogen (secondary N) is 1. The van der Waals surface area contributed by atoms with Crippen LogP contribution in [0.2, 0.25) is 0 Å². The van der Waals surface area contributed by atoms with Gasteiger partial charge in [0.15, 0.2) is 0 Å². The summed E-state index contributed by atoms with van der Waals surface area (Å²) in [6.07, 6.45) is -5.28. The van der Waals surface area contributed by atoms with Crippen molar-refractivity contribution >= 4 is 10.9 Å². The Balaban J connectivity index is 2.28. The summed E-state index contributed by atoms with van der Waals surface area (Å²) in [6.45, 7) is 6.16. The van der Waals surface area contributed by atoms with Gasteiger partial charge in [0.25, 0.3) is 0 Å². The second-order valence-corrected chi connectivity index (χ2v) is 6.29. The molecule has 120 valence electrons. The summed E-state index contributed by atoms with van der Waals surface area (Å²) >= 11 is 0. The maximum Gasteiger partial charge on any atom is 0.416 e. The average Bonchev–Trinajstić information content (AvgIpc) is 2.41. The first-order chi connectivity index (χ1) is 10.1. The van der Waals surface area contributed by atoms with Gasteiger partial charge in [0.2, 0.25) is 0 Å². The van der Waals surface area contributed by atoms with E-state index in [2.05, 4.69) is 10.3 Å². The molecule has 0 aliphatic heterocycles. The fraction of sp³-hybridized carbons (Fsp3) is 0.438. The van der Waals surface area contributed by atoms with Gasteiger partial charge in [-0.2, -0.15) is 13.2 Å². The molecule has 0 spiro atoms. The van der Waals surface area contributed by atoms with Crippen molar-refractivity contribution in [1.82, 2.24) is 10.3 Å². The van der Waals surface area contributed by atoms with Crippen molar-refractivity contribution < 1.29 is 18.3 Å². The van der Waals surface area contributed by atoms with Crippen LogP contribution in [-0.4, -0.2) is 22.2 Å². The van der Waals surface area contributed by atoms with Crippen LogP contribution in [0.5, 0.6) is 0 Å². The number of hydrogen-bond acceptors (Lipinski definition) is 3. The first kappa shape index (κ1) is 16.7.